The molecule has 1 aliphatic rings. The Balaban J connectivity index is 2.60. The summed E-state index contributed by atoms with van der Waals surface area (Å²) in [5.41, 5.74) is 0. The molecule has 1 saturated heterocycles. The number of hydrogen-bond acceptors (Lipinski definition) is 3. The molecule has 2 atom stereocenters. The molecule has 102 valence electrons. The maximum atomic E-state index is 12.1. The van der Waals surface area contributed by atoms with Crippen molar-refractivity contribution in [1.29, 1.82) is 0 Å². The van der Waals surface area contributed by atoms with Crippen molar-refractivity contribution in [3.05, 3.63) is 0 Å². The van der Waals surface area contributed by atoms with Crippen molar-refractivity contribution in [2.45, 2.75) is 46.1 Å². The molecule has 0 radical (unpaired) electrons. The lowest BCUT2D eigenvalue weighted by molar-refractivity contribution is 0.0520. The second kappa shape index (κ2) is 6.16. The van der Waals surface area contributed by atoms with E-state index in [9.17, 15) is 13.5 Å². The first-order valence-corrected chi connectivity index (χ1v) is 8.13. The van der Waals surface area contributed by atoms with E-state index in [2.05, 4.69) is 0 Å². The zero-order valence-corrected chi connectivity index (χ0v) is 11.9. The second-order valence-electron chi connectivity index (χ2n) is 5.38. The molecule has 5 heteroatoms. The van der Waals surface area contributed by atoms with Gasteiger partial charge < -0.3 is 5.11 Å². The van der Waals surface area contributed by atoms with E-state index in [4.69, 9.17) is 0 Å². The second-order valence-corrected chi connectivity index (χ2v) is 7.47. The molecule has 0 bridgehead atoms. The SMILES string of the molecule is CCC1CN(S(=O)(=O)CCC(C)C)CCC1O. The van der Waals surface area contributed by atoms with Crippen molar-refractivity contribution in [2.24, 2.45) is 11.8 Å². The summed E-state index contributed by atoms with van der Waals surface area (Å²) in [6.45, 7) is 7.02. The van der Waals surface area contributed by atoms with Gasteiger partial charge in [0.2, 0.25) is 10.0 Å². The van der Waals surface area contributed by atoms with Crippen LogP contribution in [0.15, 0.2) is 0 Å². The van der Waals surface area contributed by atoms with E-state index < -0.39 is 10.0 Å². The van der Waals surface area contributed by atoms with Crippen LogP contribution in [0.2, 0.25) is 0 Å². The van der Waals surface area contributed by atoms with Gasteiger partial charge in [-0.1, -0.05) is 20.8 Å². The Labute approximate surface area is 105 Å². The van der Waals surface area contributed by atoms with E-state index in [0.717, 1.165) is 6.42 Å². The monoisotopic (exact) mass is 263 g/mol. The summed E-state index contributed by atoms with van der Waals surface area (Å²) in [6, 6.07) is 0. The average molecular weight is 263 g/mol. The van der Waals surface area contributed by atoms with Gasteiger partial charge in [-0.25, -0.2) is 12.7 Å². The first-order chi connectivity index (χ1) is 7.86. The Kier molecular flexibility index (Phi) is 5.41. The third-order valence-electron chi connectivity index (χ3n) is 3.53. The van der Waals surface area contributed by atoms with E-state index in [-0.39, 0.29) is 17.8 Å². The van der Waals surface area contributed by atoms with Crippen molar-refractivity contribution in [2.75, 3.05) is 18.8 Å². The number of rotatable bonds is 5. The first kappa shape index (κ1) is 14.9. The van der Waals surface area contributed by atoms with Crippen LogP contribution in [0.4, 0.5) is 0 Å². The minimum Gasteiger partial charge on any atom is -0.393 e. The summed E-state index contributed by atoms with van der Waals surface area (Å²) in [4.78, 5) is 0. The number of hydrogen-bond donors (Lipinski definition) is 1. The van der Waals surface area contributed by atoms with Crippen molar-refractivity contribution in [3.8, 4) is 0 Å². The lowest BCUT2D eigenvalue weighted by atomic mass is 9.94. The minimum absolute atomic E-state index is 0.0950. The van der Waals surface area contributed by atoms with Gasteiger partial charge in [0.05, 0.1) is 11.9 Å². The van der Waals surface area contributed by atoms with Crippen LogP contribution in [0, 0.1) is 11.8 Å². The van der Waals surface area contributed by atoms with Crippen LogP contribution in [-0.2, 0) is 10.0 Å². The molecular formula is C12H25NO3S. The summed E-state index contributed by atoms with van der Waals surface area (Å²) in [5.74, 6) is 0.733. The van der Waals surface area contributed by atoms with Gasteiger partial charge in [-0.2, -0.15) is 0 Å². The third kappa shape index (κ3) is 4.23. The van der Waals surface area contributed by atoms with Crippen LogP contribution in [0.5, 0.6) is 0 Å². The van der Waals surface area contributed by atoms with Crippen molar-refractivity contribution >= 4 is 10.0 Å². The highest BCUT2D eigenvalue weighted by Gasteiger charge is 2.32. The summed E-state index contributed by atoms with van der Waals surface area (Å²) < 4.78 is 25.8. The van der Waals surface area contributed by atoms with E-state index >= 15 is 0 Å². The van der Waals surface area contributed by atoms with Crippen LogP contribution in [0.1, 0.15) is 40.0 Å². The smallest absolute Gasteiger partial charge is 0.214 e. The van der Waals surface area contributed by atoms with Crippen LogP contribution < -0.4 is 0 Å². The van der Waals surface area contributed by atoms with E-state index in [1.807, 2.05) is 20.8 Å². The Hall–Kier alpha value is -0.130. The summed E-state index contributed by atoms with van der Waals surface area (Å²) in [6.07, 6.45) is 1.77. The fourth-order valence-electron chi connectivity index (χ4n) is 2.15. The summed E-state index contributed by atoms with van der Waals surface area (Å²) in [5, 5.41) is 9.75. The first-order valence-electron chi connectivity index (χ1n) is 6.52. The molecule has 0 amide bonds. The third-order valence-corrected chi connectivity index (χ3v) is 5.40. The Morgan fingerprint density at radius 1 is 1.41 bits per heavy atom. The number of nitrogens with zero attached hydrogens (tertiary/aromatic N) is 1. The number of sulfonamides is 1. The predicted octanol–water partition coefficient (Wildman–Crippen LogP) is 1.46. The topological polar surface area (TPSA) is 57.6 Å². The molecule has 2 unspecified atom stereocenters. The van der Waals surface area contributed by atoms with Gasteiger partial charge in [0.25, 0.3) is 0 Å². The van der Waals surface area contributed by atoms with Gasteiger partial charge >= 0.3 is 0 Å². The highest BCUT2D eigenvalue weighted by molar-refractivity contribution is 7.89. The van der Waals surface area contributed by atoms with E-state index in [0.29, 0.717) is 31.8 Å². The number of aliphatic hydroxyl groups excluding tert-OH is 1. The molecule has 0 saturated carbocycles. The van der Waals surface area contributed by atoms with E-state index in [1.54, 1.807) is 4.31 Å². The Morgan fingerprint density at radius 3 is 2.59 bits per heavy atom. The van der Waals surface area contributed by atoms with Gasteiger partial charge in [-0.3, -0.25) is 0 Å². The molecule has 0 aromatic heterocycles. The lowest BCUT2D eigenvalue weighted by Crippen LogP contribution is -2.46. The number of piperidine rings is 1. The molecule has 0 aliphatic carbocycles. The molecule has 1 fully saturated rings. The molecule has 17 heavy (non-hydrogen) atoms. The van der Waals surface area contributed by atoms with Crippen LogP contribution >= 0.6 is 0 Å². The van der Waals surface area contributed by atoms with Crippen molar-refractivity contribution in [1.82, 2.24) is 4.31 Å². The van der Waals surface area contributed by atoms with Gasteiger partial charge in [-0.05, 0) is 31.1 Å². The molecule has 1 N–H and O–H groups in total. The minimum atomic E-state index is -3.12. The molecule has 0 aromatic rings. The Morgan fingerprint density at radius 2 is 2.06 bits per heavy atom. The van der Waals surface area contributed by atoms with Gasteiger partial charge in [0, 0.05) is 13.1 Å². The molecule has 1 rings (SSSR count). The van der Waals surface area contributed by atoms with Crippen LogP contribution in [-0.4, -0.2) is 42.8 Å². The lowest BCUT2D eigenvalue weighted by Gasteiger charge is -2.35. The highest BCUT2D eigenvalue weighted by Crippen LogP contribution is 2.23. The van der Waals surface area contributed by atoms with Gasteiger partial charge in [0.15, 0.2) is 0 Å². The van der Waals surface area contributed by atoms with Crippen LogP contribution in [0.25, 0.3) is 0 Å². The number of aliphatic hydroxyl groups is 1. The van der Waals surface area contributed by atoms with Crippen LogP contribution in [0.3, 0.4) is 0 Å². The average Bonchev–Trinajstić information content (AvgIpc) is 2.27. The molecule has 0 aromatic carbocycles. The predicted molar refractivity (Wildman–Crippen MR) is 69.2 cm³/mol. The molecule has 4 nitrogen and oxygen atoms in total. The summed E-state index contributed by atoms with van der Waals surface area (Å²) in [7, 11) is -3.12. The zero-order chi connectivity index (χ0) is 13.1. The quantitative estimate of drug-likeness (QED) is 0.817. The summed E-state index contributed by atoms with van der Waals surface area (Å²) >= 11 is 0. The zero-order valence-electron chi connectivity index (χ0n) is 11.1. The molecule has 0 spiro atoms. The van der Waals surface area contributed by atoms with E-state index in [1.165, 1.54) is 0 Å². The molecule has 1 heterocycles. The largest absolute Gasteiger partial charge is 0.393 e. The van der Waals surface area contributed by atoms with Gasteiger partial charge in [0.1, 0.15) is 0 Å². The normalized spacial score (nSPS) is 27.6. The molecular weight excluding hydrogens is 238 g/mol. The Bertz CT molecular complexity index is 327. The van der Waals surface area contributed by atoms with Gasteiger partial charge in [-0.15, -0.1) is 0 Å². The van der Waals surface area contributed by atoms with Crippen molar-refractivity contribution < 1.29 is 13.5 Å². The maximum Gasteiger partial charge on any atom is 0.214 e. The fraction of sp³-hybridized carbons (Fsp3) is 1.00. The standard InChI is InChI=1S/C12H25NO3S/c1-4-11-9-13(7-5-12(11)14)17(15,16)8-6-10(2)3/h10-12,14H,4-9H2,1-3H3. The fourth-order valence-corrected chi connectivity index (χ4v) is 3.98. The maximum absolute atomic E-state index is 12.1. The van der Waals surface area contributed by atoms with Crippen molar-refractivity contribution in [3.63, 3.8) is 0 Å². The molecule has 1 aliphatic heterocycles. The highest BCUT2D eigenvalue weighted by atomic mass is 32.2.